The zero-order valence-electron chi connectivity index (χ0n) is 23.8. The van der Waals surface area contributed by atoms with Crippen molar-refractivity contribution < 1.29 is 27.1 Å². The Labute approximate surface area is 256 Å². The number of benzene rings is 3. The Kier molecular flexibility index (Phi) is 11.6. The molecule has 3 rings (SSSR count). The number of hydrogen-bond acceptors (Lipinski definition) is 5. The lowest BCUT2D eigenvalue weighted by Gasteiger charge is -2.34. The number of halogens is 3. The van der Waals surface area contributed by atoms with Crippen LogP contribution in [0.25, 0.3) is 0 Å². The number of carbonyl (C=O) groups excluding carboxylic acids is 2. The molecule has 3 aromatic carbocycles. The Morgan fingerprint density at radius 3 is 2.07 bits per heavy atom. The molecule has 1 atom stereocenters. The van der Waals surface area contributed by atoms with Crippen molar-refractivity contribution in [2.24, 2.45) is 0 Å². The normalized spacial score (nSPS) is 12.1. The summed E-state index contributed by atoms with van der Waals surface area (Å²) in [6, 6.07) is 14.2. The zero-order chi connectivity index (χ0) is 31.0. The first-order valence-electron chi connectivity index (χ1n) is 13.4. The summed E-state index contributed by atoms with van der Waals surface area (Å²) >= 11 is 12.8. The fraction of sp³-hybridized carbons (Fsp3) is 0.333. The Bertz CT molecular complexity index is 1470. The summed E-state index contributed by atoms with van der Waals surface area (Å²) in [6.45, 7) is 6.70. The Hall–Kier alpha value is -3.34. The van der Waals surface area contributed by atoms with Gasteiger partial charge in [0, 0.05) is 28.2 Å². The topological polar surface area (TPSA) is 96.0 Å². The number of rotatable bonds is 13. The standard InChI is InChI=1S/C30H34Cl2FN3O5S/c1-5-28(30(38)34-20(3)4)35(18-25-26(31)8-7-9-27(25)32)29(37)19-36(22-12-10-21(33)11-13-22)42(39,40)24-16-14-23(15-17-24)41-6-2/h7-17,20,28H,5-6,18-19H2,1-4H3,(H,34,38). The average molecular weight is 639 g/mol. The minimum absolute atomic E-state index is 0.0639. The van der Waals surface area contributed by atoms with Crippen molar-refractivity contribution in [3.63, 3.8) is 0 Å². The summed E-state index contributed by atoms with van der Waals surface area (Å²) in [5.41, 5.74) is 0.474. The third kappa shape index (κ3) is 8.14. The van der Waals surface area contributed by atoms with Crippen molar-refractivity contribution in [1.29, 1.82) is 0 Å². The molecule has 3 aromatic rings. The second kappa shape index (κ2) is 14.7. The highest BCUT2D eigenvalue weighted by Gasteiger charge is 2.34. The first kappa shape index (κ1) is 33.2. The molecule has 0 bridgehead atoms. The first-order chi connectivity index (χ1) is 19.9. The number of amides is 2. The van der Waals surface area contributed by atoms with Crippen LogP contribution < -0.4 is 14.4 Å². The van der Waals surface area contributed by atoms with Crippen LogP contribution in [-0.4, -0.2) is 50.4 Å². The molecule has 0 heterocycles. The molecule has 42 heavy (non-hydrogen) atoms. The summed E-state index contributed by atoms with van der Waals surface area (Å²) in [5.74, 6) is -1.19. The monoisotopic (exact) mass is 637 g/mol. The van der Waals surface area contributed by atoms with Gasteiger partial charge >= 0.3 is 0 Å². The Morgan fingerprint density at radius 1 is 0.952 bits per heavy atom. The van der Waals surface area contributed by atoms with Crippen LogP contribution in [-0.2, 0) is 26.2 Å². The van der Waals surface area contributed by atoms with Crippen molar-refractivity contribution in [2.75, 3.05) is 17.5 Å². The molecule has 0 saturated heterocycles. The molecule has 8 nitrogen and oxygen atoms in total. The zero-order valence-corrected chi connectivity index (χ0v) is 26.1. The summed E-state index contributed by atoms with van der Waals surface area (Å²) in [7, 11) is -4.33. The van der Waals surface area contributed by atoms with Gasteiger partial charge in [-0.25, -0.2) is 12.8 Å². The molecule has 0 aliphatic heterocycles. The smallest absolute Gasteiger partial charge is 0.264 e. The third-order valence-corrected chi connectivity index (χ3v) is 8.82. The van der Waals surface area contributed by atoms with Gasteiger partial charge < -0.3 is 15.0 Å². The second-order valence-electron chi connectivity index (χ2n) is 9.70. The molecule has 1 unspecified atom stereocenters. The number of ether oxygens (including phenoxy) is 1. The number of nitrogens with zero attached hydrogens (tertiary/aromatic N) is 2. The number of sulfonamides is 1. The molecule has 0 aliphatic carbocycles. The van der Waals surface area contributed by atoms with E-state index in [-0.39, 0.29) is 39.6 Å². The highest BCUT2D eigenvalue weighted by Crippen LogP contribution is 2.29. The molecular formula is C30H34Cl2FN3O5S. The van der Waals surface area contributed by atoms with Crippen molar-refractivity contribution >= 4 is 50.7 Å². The molecule has 226 valence electrons. The van der Waals surface area contributed by atoms with Crippen LogP contribution in [0, 0.1) is 5.82 Å². The number of anilines is 1. The lowest BCUT2D eigenvalue weighted by atomic mass is 10.1. The summed E-state index contributed by atoms with van der Waals surface area (Å²) in [5, 5.41) is 3.40. The molecule has 12 heteroatoms. The minimum atomic E-state index is -4.33. The number of nitrogens with one attached hydrogen (secondary N) is 1. The van der Waals surface area contributed by atoms with E-state index >= 15 is 0 Å². The van der Waals surface area contributed by atoms with Crippen LogP contribution in [0.2, 0.25) is 10.0 Å². The fourth-order valence-electron chi connectivity index (χ4n) is 4.29. The van der Waals surface area contributed by atoms with Crippen molar-refractivity contribution in [3.05, 3.63) is 88.2 Å². The van der Waals surface area contributed by atoms with Gasteiger partial charge in [0.05, 0.1) is 17.2 Å². The number of hydrogen-bond donors (Lipinski definition) is 1. The Morgan fingerprint density at radius 2 is 1.55 bits per heavy atom. The molecule has 1 N–H and O–H groups in total. The lowest BCUT2D eigenvalue weighted by Crippen LogP contribution is -2.53. The van der Waals surface area contributed by atoms with E-state index in [1.807, 2.05) is 0 Å². The Balaban J connectivity index is 2.09. The van der Waals surface area contributed by atoms with Crippen LogP contribution in [0.3, 0.4) is 0 Å². The lowest BCUT2D eigenvalue weighted by molar-refractivity contribution is -0.140. The van der Waals surface area contributed by atoms with Gasteiger partial charge in [-0.3, -0.25) is 13.9 Å². The molecule has 0 saturated carbocycles. The minimum Gasteiger partial charge on any atom is -0.494 e. The second-order valence-corrected chi connectivity index (χ2v) is 12.4. The summed E-state index contributed by atoms with van der Waals surface area (Å²) < 4.78 is 48.0. The van der Waals surface area contributed by atoms with E-state index in [1.165, 1.54) is 41.3 Å². The van der Waals surface area contributed by atoms with E-state index in [0.717, 1.165) is 16.4 Å². The molecule has 0 spiro atoms. The van der Waals surface area contributed by atoms with Gasteiger partial charge in [0.1, 0.15) is 24.2 Å². The maximum atomic E-state index is 14.1. The van der Waals surface area contributed by atoms with E-state index in [1.54, 1.807) is 45.9 Å². The first-order valence-corrected chi connectivity index (χ1v) is 15.6. The molecule has 0 fully saturated rings. The average Bonchev–Trinajstić information content (AvgIpc) is 2.93. The molecule has 0 aromatic heterocycles. The van der Waals surface area contributed by atoms with E-state index in [4.69, 9.17) is 27.9 Å². The third-order valence-electron chi connectivity index (χ3n) is 6.32. The fourth-order valence-corrected chi connectivity index (χ4v) is 6.22. The van der Waals surface area contributed by atoms with Gasteiger partial charge in [-0.2, -0.15) is 0 Å². The van der Waals surface area contributed by atoms with Gasteiger partial charge in [0.2, 0.25) is 11.8 Å². The largest absolute Gasteiger partial charge is 0.494 e. The van der Waals surface area contributed by atoms with E-state index < -0.39 is 40.2 Å². The van der Waals surface area contributed by atoms with Crippen LogP contribution in [0.15, 0.2) is 71.6 Å². The van der Waals surface area contributed by atoms with E-state index in [2.05, 4.69) is 5.32 Å². The van der Waals surface area contributed by atoms with Gasteiger partial charge in [-0.15, -0.1) is 0 Å². The maximum Gasteiger partial charge on any atom is 0.264 e. The highest BCUT2D eigenvalue weighted by molar-refractivity contribution is 7.92. The van der Waals surface area contributed by atoms with Gasteiger partial charge in [-0.05, 0) is 87.9 Å². The summed E-state index contributed by atoms with van der Waals surface area (Å²) in [4.78, 5) is 28.5. The predicted molar refractivity (Wildman–Crippen MR) is 163 cm³/mol. The number of carbonyl (C=O) groups is 2. The predicted octanol–water partition coefficient (Wildman–Crippen LogP) is 6.06. The van der Waals surface area contributed by atoms with Crippen molar-refractivity contribution in [2.45, 2.75) is 57.6 Å². The van der Waals surface area contributed by atoms with Gasteiger partial charge in [-0.1, -0.05) is 36.2 Å². The van der Waals surface area contributed by atoms with Gasteiger partial charge in [0.15, 0.2) is 0 Å². The van der Waals surface area contributed by atoms with Crippen LogP contribution in [0.1, 0.15) is 39.7 Å². The van der Waals surface area contributed by atoms with Crippen LogP contribution in [0.5, 0.6) is 5.75 Å². The molecular weight excluding hydrogens is 604 g/mol. The van der Waals surface area contributed by atoms with E-state index in [0.29, 0.717) is 17.9 Å². The van der Waals surface area contributed by atoms with E-state index in [9.17, 15) is 22.4 Å². The maximum absolute atomic E-state index is 14.1. The highest BCUT2D eigenvalue weighted by atomic mass is 35.5. The van der Waals surface area contributed by atoms with Crippen LogP contribution >= 0.6 is 23.2 Å². The van der Waals surface area contributed by atoms with Gasteiger partial charge in [0.25, 0.3) is 10.0 Å². The van der Waals surface area contributed by atoms with Crippen molar-refractivity contribution in [1.82, 2.24) is 10.2 Å². The SMILES string of the molecule is CCOc1ccc(S(=O)(=O)N(CC(=O)N(Cc2c(Cl)cccc2Cl)C(CC)C(=O)NC(C)C)c2ccc(F)cc2)cc1. The molecule has 0 aliphatic rings. The van der Waals surface area contributed by atoms with Crippen LogP contribution in [0.4, 0.5) is 10.1 Å². The summed E-state index contributed by atoms with van der Waals surface area (Å²) in [6.07, 6.45) is 0.231. The molecule has 0 radical (unpaired) electrons. The molecule has 2 amide bonds. The quantitative estimate of drug-likeness (QED) is 0.246. The van der Waals surface area contributed by atoms with Crippen molar-refractivity contribution in [3.8, 4) is 5.75 Å².